The summed E-state index contributed by atoms with van der Waals surface area (Å²) in [6.07, 6.45) is 3.77. The van der Waals surface area contributed by atoms with Crippen molar-refractivity contribution in [2.24, 2.45) is 0 Å². The van der Waals surface area contributed by atoms with Crippen LogP contribution in [0.2, 0.25) is 0 Å². The molecule has 0 radical (unpaired) electrons. The van der Waals surface area contributed by atoms with Gasteiger partial charge in [-0.1, -0.05) is 19.8 Å². The van der Waals surface area contributed by atoms with Gasteiger partial charge < -0.3 is 20.1 Å². The normalized spacial score (nSPS) is 12.9. The fourth-order valence-electron chi connectivity index (χ4n) is 1.36. The van der Waals surface area contributed by atoms with Gasteiger partial charge in [-0.2, -0.15) is 0 Å². The molecule has 0 fully saturated rings. The molecule has 0 aliphatic heterocycles. The van der Waals surface area contributed by atoms with E-state index in [0.29, 0.717) is 6.61 Å². The van der Waals surface area contributed by atoms with Gasteiger partial charge >= 0.3 is 0 Å². The van der Waals surface area contributed by atoms with E-state index in [-0.39, 0.29) is 6.10 Å². The van der Waals surface area contributed by atoms with Gasteiger partial charge in [-0.3, -0.25) is 0 Å². The van der Waals surface area contributed by atoms with E-state index in [2.05, 4.69) is 17.6 Å². The minimum absolute atomic E-state index is 0.255. The molecule has 0 saturated carbocycles. The minimum atomic E-state index is 0.255. The third-order valence-electron chi connectivity index (χ3n) is 2.39. The van der Waals surface area contributed by atoms with Gasteiger partial charge in [0.15, 0.2) is 0 Å². The van der Waals surface area contributed by atoms with Crippen molar-refractivity contribution < 1.29 is 9.47 Å². The lowest BCUT2D eigenvalue weighted by Crippen LogP contribution is -2.26. The molecule has 0 aromatic rings. The van der Waals surface area contributed by atoms with Crippen molar-refractivity contribution in [3.8, 4) is 0 Å². The molecule has 4 nitrogen and oxygen atoms in total. The number of unbranched alkanes of at least 4 members (excludes halogenated alkanes) is 1. The molecule has 0 aromatic heterocycles. The standard InChI is InChI=1S/C12H28N2O2/c1-4-5-6-12(16-10-8-14-3)11-15-9-7-13-2/h12-14H,4-11H2,1-3H3. The predicted molar refractivity (Wildman–Crippen MR) is 67.9 cm³/mol. The highest BCUT2D eigenvalue weighted by Gasteiger charge is 2.08. The van der Waals surface area contributed by atoms with Crippen molar-refractivity contribution in [3.63, 3.8) is 0 Å². The molecule has 0 amide bonds. The quantitative estimate of drug-likeness (QED) is 0.493. The number of hydrogen-bond donors (Lipinski definition) is 2. The number of rotatable bonds is 12. The Bertz CT molecular complexity index is 134. The first-order chi connectivity index (χ1) is 7.85. The van der Waals surface area contributed by atoms with Crippen LogP contribution in [0.25, 0.3) is 0 Å². The van der Waals surface area contributed by atoms with Crippen molar-refractivity contribution in [1.82, 2.24) is 10.6 Å². The SMILES string of the molecule is CCCCC(COCCNC)OCCNC. The van der Waals surface area contributed by atoms with Crippen molar-refractivity contribution in [2.45, 2.75) is 32.3 Å². The first-order valence-corrected chi connectivity index (χ1v) is 6.33. The molecule has 0 bridgehead atoms. The van der Waals surface area contributed by atoms with Gasteiger partial charge in [-0.05, 0) is 20.5 Å². The molecule has 1 unspecified atom stereocenters. The van der Waals surface area contributed by atoms with E-state index in [1.54, 1.807) is 0 Å². The second-order valence-corrected chi connectivity index (χ2v) is 3.92. The maximum absolute atomic E-state index is 5.76. The maximum Gasteiger partial charge on any atom is 0.0809 e. The highest BCUT2D eigenvalue weighted by molar-refractivity contribution is 4.58. The van der Waals surface area contributed by atoms with Crippen LogP contribution in [-0.4, -0.2) is 53.1 Å². The van der Waals surface area contributed by atoms with E-state index in [1.807, 2.05) is 14.1 Å². The maximum atomic E-state index is 5.76. The van der Waals surface area contributed by atoms with Crippen LogP contribution in [0.4, 0.5) is 0 Å². The Morgan fingerprint density at radius 1 is 1.06 bits per heavy atom. The van der Waals surface area contributed by atoms with Crippen LogP contribution < -0.4 is 10.6 Å². The van der Waals surface area contributed by atoms with Crippen LogP contribution in [0.15, 0.2) is 0 Å². The van der Waals surface area contributed by atoms with Crippen molar-refractivity contribution in [1.29, 1.82) is 0 Å². The largest absolute Gasteiger partial charge is 0.377 e. The highest BCUT2D eigenvalue weighted by Crippen LogP contribution is 2.05. The van der Waals surface area contributed by atoms with E-state index in [4.69, 9.17) is 9.47 Å². The lowest BCUT2D eigenvalue weighted by molar-refractivity contribution is -0.0187. The van der Waals surface area contributed by atoms with Gasteiger partial charge in [0.25, 0.3) is 0 Å². The lowest BCUT2D eigenvalue weighted by Gasteiger charge is -2.17. The van der Waals surface area contributed by atoms with Crippen molar-refractivity contribution in [3.05, 3.63) is 0 Å². The molecule has 0 heterocycles. The summed E-state index contributed by atoms with van der Waals surface area (Å²) in [5.41, 5.74) is 0. The molecule has 0 saturated heterocycles. The Kier molecular flexibility index (Phi) is 12.8. The van der Waals surface area contributed by atoms with Crippen LogP contribution in [0.1, 0.15) is 26.2 Å². The number of hydrogen-bond acceptors (Lipinski definition) is 4. The molecule has 16 heavy (non-hydrogen) atoms. The molecular formula is C12H28N2O2. The van der Waals surface area contributed by atoms with Gasteiger partial charge in [0.05, 0.1) is 25.9 Å². The highest BCUT2D eigenvalue weighted by atomic mass is 16.5. The van der Waals surface area contributed by atoms with E-state index in [9.17, 15) is 0 Å². The fourth-order valence-corrected chi connectivity index (χ4v) is 1.36. The third-order valence-corrected chi connectivity index (χ3v) is 2.39. The second-order valence-electron chi connectivity index (χ2n) is 3.92. The Morgan fingerprint density at radius 2 is 1.75 bits per heavy atom. The molecule has 1 atom stereocenters. The zero-order valence-corrected chi connectivity index (χ0v) is 11.1. The van der Waals surface area contributed by atoms with E-state index < -0.39 is 0 Å². The second kappa shape index (κ2) is 12.9. The zero-order chi connectivity index (χ0) is 12.1. The van der Waals surface area contributed by atoms with Gasteiger partial charge in [-0.25, -0.2) is 0 Å². The molecule has 0 spiro atoms. The van der Waals surface area contributed by atoms with Gasteiger partial charge in [0.1, 0.15) is 0 Å². The molecule has 0 rings (SSSR count). The topological polar surface area (TPSA) is 42.5 Å². The first kappa shape index (κ1) is 15.8. The van der Waals surface area contributed by atoms with E-state index in [0.717, 1.165) is 32.7 Å². The van der Waals surface area contributed by atoms with Gasteiger partial charge in [0, 0.05) is 13.1 Å². The van der Waals surface area contributed by atoms with E-state index >= 15 is 0 Å². The average molecular weight is 232 g/mol. The molecule has 2 N–H and O–H groups in total. The van der Waals surface area contributed by atoms with E-state index in [1.165, 1.54) is 12.8 Å². The summed E-state index contributed by atoms with van der Waals surface area (Å²) >= 11 is 0. The predicted octanol–water partition coefficient (Wildman–Crippen LogP) is 1.02. The fraction of sp³-hybridized carbons (Fsp3) is 1.00. The van der Waals surface area contributed by atoms with Gasteiger partial charge in [0.2, 0.25) is 0 Å². The van der Waals surface area contributed by atoms with Gasteiger partial charge in [-0.15, -0.1) is 0 Å². The Hall–Kier alpha value is -0.160. The summed E-state index contributed by atoms with van der Waals surface area (Å²) < 4.78 is 11.3. The van der Waals surface area contributed by atoms with Crippen LogP contribution in [0.3, 0.4) is 0 Å². The Labute approximate surface area is 100 Å². The molecule has 4 heteroatoms. The Balaban J connectivity index is 3.54. The molecule has 0 aliphatic rings. The number of nitrogens with one attached hydrogen (secondary N) is 2. The first-order valence-electron chi connectivity index (χ1n) is 6.33. The molecular weight excluding hydrogens is 204 g/mol. The average Bonchev–Trinajstić information content (AvgIpc) is 2.31. The van der Waals surface area contributed by atoms with Crippen molar-refractivity contribution in [2.75, 3.05) is 47.0 Å². The summed E-state index contributed by atoms with van der Waals surface area (Å²) in [6.45, 7) is 6.24. The summed E-state index contributed by atoms with van der Waals surface area (Å²) in [6, 6.07) is 0. The summed E-state index contributed by atoms with van der Waals surface area (Å²) in [5, 5.41) is 6.14. The molecule has 0 aliphatic carbocycles. The van der Waals surface area contributed by atoms with Crippen LogP contribution >= 0.6 is 0 Å². The number of ether oxygens (including phenoxy) is 2. The minimum Gasteiger partial charge on any atom is -0.377 e. The van der Waals surface area contributed by atoms with Crippen molar-refractivity contribution >= 4 is 0 Å². The summed E-state index contributed by atoms with van der Waals surface area (Å²) in [7, 11) is 3.87. The third kappa shape index (κ3) is 10.4. The smallest absolute Gasteiger partial charge is 0.0809 e. The number of likely N-dealkylation sites (N-methyl/N-ethyl adjacent to an activating group) is 2. The van der Waals surface area contributed by atoms with Crippen LogP contribution in [-0.2, 0) is 9.47 Å². The zero-order valence-electron chi connectivity index (χ0n) is 11.1. The lowest BCUT2D eigenvalue weighted by atomic mass is 10.2. The van der Waals surface area contributed by atoms with Crippen LogP contribution in [0.5, 0.6) is 0 Å². The Morgan fingerprint density at radius 3 is 2.38 bits per heavy atom. The molecule has 0 aromatic carbocycles. The summed E-state index contributed by atoms with van der Waals surface area (Å²) in [5.74, 6) is 0. The van der Waals surface area contributed by atoms with Crippen LogP contribution in [0, 0.1) is 0 Å². The molecule has 98 valence electrons. The summed E-state index contributed by atoms with van der Waals surface area (Å²) in [4.78, 5) is 0. The monoisotopic (exact) mass is 232 g/mol.